The van der Waals surface area contributed by atoms with Crippen molar-refractivity contribution in [2.24, 2.45) is 5.92 Å². The predicted octanol–water partition coefficient (Wildman–Crippen LogP) is 4.06. The second-order valence-corrected chi connectivity index (χ2v) is 8.33. The van der Waals surface area contributed by atoms with E-state index in [2.05, 4.69) is 12.2 Å². The molecule has 1 N–H and O–H groups in total. The number of benzene rings is 1. The molecule has 142 valence electrons. The Morgan fingerprint density at radius 3 is 2.69 bits per heavy atom. The third-order valence-electron chi connectivity index (χ3n) is 5.91. The molecule has 0 spiro atoms. The van der Waals surface area contributed by atoms with E-state index in [0.717, 1.165) is 25.7 Å². The van der Waals surface area contributed by atoms with Crippen molar-refractivity contribution < 1.29 is 14.0 Å². The van der Waals surface area contributed by atoms with Crippen LogP contribution in [0.1, 0.15) is 57.9 Å². The second kappa shape index (κ2) is 7.55. The van der Waals surface area contributed by atoms with Crippen LogP contribution in [0, 0.1) is 11.7 Å². The number of halogens is 2. The van der Waals surface area contributed by atoms with Gasteiger partial charge in [0.1, 0.15) is 11.4 Å². The fourth-order valence-corrected chi connectivity index (χ4v) is 4.19. The second-order valence-electron chi connectivity index (χ2n) is 7.92. The van der Waals surface area contributed by atoms with Crippen molar-refractivity contribution >= 4 is 23.4 Å². The summed E-state index contributed by atoms with van der Waals surface area (Å²) in [6.45, 7) is 4.27. The minimum Gasteiger partial charge on any atom is -0.351 e. The van der Waals surface area contributed by atoms with Gasteiger partial charge in [-0.1, -0.05) is 24.6 Å². The maximum Gasteiger partial charge on any atom is 0.245 e. The molecule has 0 aromatic heterocycles. The molecule has 1 aliphatic carbocycles. The zero-order valence-electron chi connectivity index (χ0n) is 15.4. The van der Waals surface area contributed by atoms with Gasteiger partial charge in [-0.15, -0.1) is 0 Å². The third kappa shape index (κ3) is 3.88. The Labute approximate surface area is 159 Å². The van der Waals surface area contributed by atoms with Crippen molar-refractivity contribution in [3.05, 3.63) is 34.6 Å². The molecule has 6 heteroatoms. The van der Waals surface area contributed by atoms with Crippen molar-refractivity contribution in [3.63, 3.8) is 0 Å². The summed E-state index contributed by atoms with van der Waals surface area (Å²) >= 11 is 6.12. The van der Waals surface area contributed by atoms with Gasteiger partial charge in [-0.3, -0.25) is 9.59 Å². The molecular weight excluding hydrogens is 355 g/mol. The first-order chi connectivity index (χ1) is 12.3. The van der Waals surface area contributed by atoms with Gasteiger partial charge in [-0.25, -0.2) is 4.39 Å². The molecule has 1 atom stereocenters. The van der Waals surface area contributed by atoms with E-state index in [0.29, 0.717) is 24.3 Å². The molecule has 26 heavy (non-hydrogen) atoms. The number of rotatable bonds is 4. The van der Waals surface area contributed by atoms with Crippen LogP contribution in [0.5, 0.6) is 0 Å². The summed E-state index contributed by atoms with van der Waals surface area (Å²) in [6, 6.07) is 4.31. The summed E-state index contributed by atoms with van der Waals surface area (Å²) in [4.78, 5) is 27.0. The smallest absolute Gasteiger partial charge is 0.245 e. The quantitative estimate of drug-likeness (QED) is 0.856. The van der Waals surface area contributed by atoms with Crippen LogP contribution in [0.25, 0.3) is 0 Å². The molecular formula is C20H26ClFN2O2. The lowest BCUT2D eigenvalue weighted by Crippen LogP contribution is -2.56. The first kappa shape index (κ1) is 19.2. The minimum atomic E-state index is -0.891. The lowest BCUT2D eigenvalue weighted by Gasteiger charge is -2.36. The first-order valence-electron chi connectivity index (χ1n) is 9.35. The molecule has 2 aliphatic rings. The van der Waals surface area contributed by atoms with E-state index in [1.165, 1.54) is 12.1 Å². The summed E-state index contributed by atoms with van der Waals surface area (Å²) in [5, 5.41) is 3.43. The zero-order valence-corrected chi connectivity index (χ0v) is 16.1. The highest BCUT2D eigenvalue weighted by Crippen LogP contribution is 2.34. The molecule has 4 nitrogen and oxygen atoms in total. The Morgan fingerprint density at radius 2 is 2.04 bits per heavy atom. The van der Waals surface area contributed by atoms with Gasteiger partial charge >= 0.3 is 0 Å². The largest absolute Gasteiger partial charge is 0.351 e. The van der Waals surface area contributed by atoms with E-state index < -0.39 is 11.4 Å². The van der Waals surface area contributed by atoms with Gasteiger partial charge in [0.15, 0.2) is 0 Å². The summed E-state index contributed by atoms with van der Waals surface area (Å²) in [5.74, 6) is 0.129. The summed E-state index contributed by atoms with van der Waals surface area (Å²) < 4.78 is 13.3. The Kier molecular flexibility index (Phi) is 5.56. The van der Waals surface area contributed by atoms with Crippen molar-refractivity contribution in [1.29, 1.82) is 0 Å². The van der Waals surface area contributed by atoms with Crippen molar-refractivity contribution in [2.75, 3.05) is 0 Å². The monoisotopic (exact) mass is 380 g/mol. The topological polar surface area (TPSA) is 49.4 Å². The molecule has 2 fully saturated rings. The zero-order chi connectivity index (χ0) is 18.9. The standard InChI is InChI=1S/C20H26ClFN2O2/c1-13-3-7-16(8-4-13)23-19(26)20(2)10-9-18(25)24(20)12-14-5-6-15(22)11-17(14)21/h5-6,11,13,16H,3-4,7-10,12H2,1-2H3,(H,23,26). The normalized spacial score (nSPS) is 29.1. The number of likely N-dealkylation sites (tertiary alicyclic amines) is 1. The van der Waals surface area contributed by atoms with E-state index >= 15 is 0 Å². The maximum atomic E-state index is 13.3. The maximum absolute atomic E-state index is 13.3. The Hall–Kier alpha value is -1.62. The van der Waals surface area contributed by atoms with Crippen LogP contribution in [0.4, 0.5) is 4.39 Å². The van der Waals surface area contributed by atoms with E-state index in [1.807, 2.05) is 6.92 Å². The number of carbonyl (C=O) groups excluding carboxylic acids is 2. The molecule has 1 unspecified atom stereocenters. The average Bonchev–Trinajstić information content (AvgIpc) is 2.89. The molecule has 0 radical (unpaired) electrons. The predicted molar refractivity (Wildman–Crippen MR) is 99.2 cm³/mol. The van der Waals surface area contributed by atoms with Crippen molar-refractivity contribution in [1.82, 2.24) is 10.2 Å². The van der Waals surface area contributed by atoms with Gasteiger partial charge < -0.3 is 10.2 Å². The van der Waals surface area contributed by atoms with E-state index in [9.17, 15) is 14.0 Å². The van der Waals surface area contributed by atoms with Crippen LogP contribution in [0.3, 0.4) is 0 Å². The Bertz CT molecular complexity index is 703. The molecule has 2 amide bonds. The van der Waals surface area contributed by atoms with Crippen LogP contribution in [0.15, 0.2) is 18.2 Å². The Balaban J connectivity index is 1.73. The van der Waals surface area contributed by atoms with Crippen LogP contribution >= 0.6 is 11.6 Å². The van der Waals surface area contributed by atoms with Crippen molar-refractivity contribution in [3.8, 4) is 0 Å². The SMILES string of the molecule is CC1CCC(NC(=O)C2(C)CCC(=O)N2Cc2ccc(F)cc2Cl)CC1. The van der Waals surface area contributed by atoms with Crippen molar-refractivity contribution in [2.45, 2.75) is 70.5 Å². The molecule has 1 saturated carbocycles. The molecule has 3 rings (SSSR count). The molecule has 0 bridgehead atoms. The summed E-state index contributed by atoms with van der Waals surface area (Å²) in [6.07, 6.45) is 5.04. The van der Waals surface area contributed by atoms with Gasteiger partial charge in [0.2, 0.25) is 11.8 Å². The van der Waals surface area contributed by atoms with Gasteiger partial charge in [0.05, 0.1) is 0 Å². The van der Waals surface area contributed by atoms with E-state index in [4.69, 9.17) is 11.6 Å². The van der Waals surface area contributed by atoms with Crippen LogP contribution in [-0.2, 0) is 16.1 Å². The number of hydrogen-bond acceptors (Lipinski definition) is 2. The lowest BCUT2D eigenvalue weighted by molar-refractivity contribution is -0.141. The summed E-state index contributed by atoms with van der Waals surface area (Å²) in [7, 11) is 0. The third-order valence-corrected chi connectivity index (χ3v) is 6.26. The van der Waals surface area contributed by atoms with Gasteiger partial charge in [0.25, 0.3) is 0 Å². The minimum absolute atomic E-state index is 0.0692. The highest BCUT2D eigenvalue weighted by atomic mass is 35.5. The fraction of sp³-hybridized carbons (Fsp3) is 0.600. The highest BCUT2D eigenvalue weighted by Gasteiger charge is 2.47. The first-order valence-corrected chi connectivity index (χ1v) is 9.73. The van der Waals surface area contributed by atoms with Crippen LogP contribution in [-0.4, -0.2) is 28.3 Å². The van der Waals surface area contributed by atoms with E-state index in [-0.39, 0.29) is 29.4 Å². The molecule has 1 saturated heterocycles. The van der Waals surface area contributed by atoms with Crippen LogP contribution < -0.4 is 5.32 Å². The molecule has 1 aliphatic heterocycles. The molecule has 1 aromatic carbocycles. The number of nitrogens with one attached hydrogen (secondary N) is 1. The number of nitrogens with zero attached hydrogens (tertiary/aromatic N) is 1. The summed E-state index contributed by atoms with van der Waals surface area (Å²) in [5.41, 5.74) is -0.244. The molecule has 1 heterocycles. The van der Waals surface area contributed by atoms with E-state index in [1.54, 1.807) is 11.0 Å². The van der Waals surface area contributed by atoms with Gasteiger partial charge in [-0.05, 0) is 62.6 Å². The highest BCUT2D eigenvalue weighted by molar-refractivity contribution is 6.31. The number of hydrogen-bond donors (Lipinski definition) is 1. The van der Waals surface area contributed by atoms with Gasteiger partial charge in [-0.2, -0.15) is 0 Å². The number of amides is 2. The van der Waals surface area contributed by atoms with Gasteiger partial charge in [0, 0.05) is 24.0 Å². The molecule has 1 aromatic rings. The lowest BCUT2D eigenvalue weighted by atomic mass is 9.86. The van der Waals surface area contributed by atoms with Crippen LogP contribution in [0.2, 0.25) is 5.02 Å². The fourth-order valence-electron chi connectivity index (χ4n) is 3.96. The average molecular weight is 381 g/mol. The Morgan fingerprint density at radius 1 is 1.35 bits per heavy atom. The number of carbonyl (C=O) groups is 2.